The number of hydrogen-bond donors (Lipinski definition) is 0. The minimum absolute atomic E-state index is 0.0234. The third-order valence-electron chi connectivity index (χ3n) is 3.68. The van der Waals surface area contributed by atoms with E-state index < -0.39 is 0 Å². The van der Waals surface area contributed by atoms with Crippen molar-refractivity contribution in [2.45, 2.75) is 18.9 Å². The summed E-state index contributed by atoms with van der Waals surface area (Å²) in [6.45, 7) is 8.21. The molecule has 0 N–H and O–H groups in total. The van der Waals surface area contributed by atoms with Crippen molar-refractivity contribution >= 4 is 5.91 Å². The second-order valence-electron chi connectivity index (χ2n) is 5.30. The van der Waals surface area contributed by atoms with Gasteiger partial charge in [-0.1, -0.05) is 42.5 Å². The molecular formula is C20H22NO. The van der Waals surface area contributed by atoms with E-state index in [1.807, 2.05) is 54.9 Å². The Bertz CT molecular complexity index is 488. The standard InChI is InChI=1S/C20H22NO/c1-3-10-20(22)21(16-18-13-8-9-14-18)19(4-2)15-17-11-6-5-7-12-17/h3-9,11-14,19H,1-2,10,15-16H2/t19-/m1/s1. The molecule has 0 saturated heterocycles. The summed E-state index contributed by atoms with van der Waals surface area (Å²) in [6.07, 6.45) is 12.7. The zero-order valence-corrected chi connectivity index (χ0v) is 12.8. The lowest BCUT2D eigenvalue weighted by Crippen LogP contribution is -2.42. The number of carbonyl (C=O) groups is 1. The number of hydrogen-bond acceptors (Lipinski definition) is 1. The van der Waals surface area contributed by atoms with Gasteiger partial charge >= 0.3 is 0 Å². The predicted octanol–water partition coefficient (Wildman–Crippen LogP) is 3.59. The molecule has 2 heteroatoms. The highest BCUT2D eigenvalue weighted by molar-refractivity contribution is 5.78. The quantitative estimate of drug-likeness (QED) is 0.670. The molecule has 5 radical (unpaired) electrons. The molecule has 0 unspecified atom stereocenters. The molecule has 1 aromatic rings. The van der Waals surface area contributed by atoms with Crippen LogP contribution in [0.5, 0.6) is 0 Å². The summed E-state index contributed by atoms with van der Waals surface area (Å²) in [7, 11) is 0. The van der Waals surface area contributed by atoms with Crippen LogP contribution in [0.2, 0.25) is 0 Å². The summed E-state index contributed by atoms with van der Waals surface area (Å²) >= 11 is 0. The normalized spacial score (nSPS) is 16.2. The fourth-order valence-corrected chi connectivity index (χ4v) is 2.52. The largest absolute Gasteiger partial charge is 0.335 e. The first-order valence-corrected chi connectivity index (χ1v) is 7.52. The Kier molecular flexibility index (Phi) is 6.45. The molecule has 0 heterocycles. The minimum Gasteiger partial charge on any atom is -0.335 e. The van der Waals surface area contributed by atoms with Gasteiger partial charge in [-0.3, -0.25) is 4.79 Å². The summed E-state index contributed by atoms with van der Waals surface area (Å²) in [4.78, 5) is 14.4. The minimum atomic E-state index is -0.0234. The summed E-state index contributed by atoms with van der Waals surface area (Å²) in [5.41, 5.74) is 1.20. The maximum atomic E-state index is 12.5. The van der Waals surface area contributed by atoms with E-state index >= 15 is 0 Å². The molecule has 113 valence electrons. The van der Waals surface area contributed by atoms with Crippen molar-refractivity contribution in [3.8, 4) is 0 Å². The number of benzene rings is 1. The number of carbonyl (C=O) groups excluding carboxylic acids is 1. The zero-order valence-electron chi connectivity index (χ0n) is 12.8. The second-order valence-corrected chi connectivity index (χ2v) is 5.30. The molecule has 1 amide bonds. The third-order valence-corrected chi connectivity index (χ3v) is 3.68. The Labute approximate surface area is 134 Å². The molecule has 1 saturated carbocycles. The van der Waals surface area contributed by atoms with Crippen LogP contribution >= 0.6 is 0 Å². The highest BCUT2D eigenvalue weighted by Gasteiger charge is 2.26. The van der Waals surface area contributed by atoms with E-state index in [2.05, 4.69) is 25.3 Å². The van der Waals surface area contributed by atoms with Crippen LogP contribution in [0.4, 0.5) is 0 Å². The molecule has 0 aliphatic heterocycles. The lowest BCUT2D eigenvalue weighted by atomic mass is 10.0. The van der Waals surface area contributed by atoms with Crippen LogP contribution in [-0.2, 0) is 11.2 Å². The van der Waals surface area contributed by atoms with Gasteiger partial charge in [0, 0.05) is 18.9 Å². The number of rotatable bonds is 8. The summed E-state index contributed by atoms with van der Waals surface area (Å²) < 4.78 is 0. The van der Waals surface area contributed by atoms with Crippen molar-refractivity contribution in [3.63, 3.8) is 0 Å². The van der Waals surface area contributed by atoms with Crippen molar-refractivity contribution in [1.82, 2.24) is 4.90 Å². The van der Waals surface area contributed by atoms with Crippen molar-refractivity contribution in [2.75, 3.05) is 6.54 Å². The fraction of sp³-hybridized carbons (Fsp3) is 0.200. The maximum Gasteiger partial charge on any atom is 0.226 e. The van der Waals surface area contributed by atoms with Gasteiger partial charge in [0.1, 0.15) is 0 Å². The molecule has 1 aliphatic carbocycles. The van der Waals surface area contributed by atoms with Gasteiger partial charge in [-0.15, -0.1) is 13.2 Å². The molecule has 2 rings (SSSR count). The van der Waals surface area contributed by atoms with Crippen molar-refractivity contribution in [3.05, 3.63) is 92.8 Å². The Morgan fingerprint density at radius 1 is 1.14 bits per heavy atom. The Morgan fingerprint density at radius 3 is 2.41 bits per heavy atom. The Morgan fingerprint density at radius 2 is 1.82 bits per heavy atom. The smallest absolute Gasteiger partial charge is 0.226 e. The molecule has 1 fully saturated rings. The van der Waals surface area contributed by atoms with Crippen LogP contribution < -0.4 is 0 Å². The van der Waals surface area contributed by atoms with Crippen LogP contribution in [0.3, 0.4) is 0 Å². The lowest BCUT2D eigenvalue weighted by molar-refractivity contribution is -0.131. The summed E-state index contributed by atoms with van der Waals surface area (Å²) in [5.74, 6) is 1.22. The first kappa shape index (κ1) is 16.5. The second kappa shape index (κ2) is 8.57. The van der Waals surface area contributed by atoms with Gasteiger partial charge in [-0.05, 0) is 37.7 Å². The Hall–Kier alpha value is -1.83. The van der Waals surface area contributed by atoms with Crippen LogP contribution in [0.15, 0.2) is 55.6 Å². The van der Waals surface area contributed by atoms with Gasteiger partial charge in [0.2, 0.25) is 5.91 Å². The fourth-order valence-electron chi connectivity index (χ4n) is 2.52. The molecule has 0 aromatic heterocycles. The molecule has 0 bridgehead atoms. The first-order valence-electron chi connectivity index (χ1n) is 7.52. The monoisotopic (exact) mass is 292 g/mol. The van der Waals surface area contributed by atoms with Crippen LogP contribution in [0, 0.1) is 31.6 Å². The molecule has 1 aliphatic rings. The third kappa shape index (κ3) is 4.59. The lowest BCUT2D eigenvalue weighted by Gasteiger charge is -2.32. The predicted molar refractivity (Wildman–Crippen MR) is 91.1 cm³/mol. The van der Waals surface area contributed by atoms with E-state index in [-0.39, 0.29) is 11.9 Å². The van der Waals surface area contributed by atoms with E-state index in [4.69, 9.17) is 0 Å². The van der Waals surface area contributed by atoms with Crippen LogP contribution in [-0.4, -0.2) is 23.4 Å². The molecular weight excluding hydrogens is 270 g/mol. The van der Waals surface area contributed by atoms with Gasteiger partial charge in [-0.2, -0.15) is 0 Å². The number of amides is 1. The van der Waals surface area contributed by atoms with Crippen LogP contribution in [0.1, 0.15) is 12.0 Å². The molecule has 0 spiro atoms. The topological polar surface area (TPSA) is 20.3 Å². The summed E-state index contributed by atoms with van der Waals surface area (Å²) in [6, 6.07) is 10.2. The highest BCUT2D eigenvalue weighted by atomic mass is 16.2. The number of nitrogens with zero attached hydrogens (tertiary/aromatic N) is 1. The molecule has 1 aromatic carbocycles. The molecule has 22 heavy (non-hydrogen) atoms. The molecule has 1 atom stereocenters. The van der Waals surface area contributed by atoms with Gasteiger partial charge in [0.05, 0.1) is 6.04 Å². The van der Waals surface area contributed by atoms with Crippen molar-refractivity contribution in [2.24, 2.45) is 0 Å². The first-order chi connectivity index (χ1) is 10.7. The van der Waals surface area contributed by atoms with Crippen molar-refractivity contribution in [1.29, 1.82) is 0 Å². The molecule has 2 nitrogen and oxygen atoms in total. The van der Waals surface area contributed by atoms with Crippen molar-refractivity contribution < 1.29 is 4.79 Å². The van der Waals surface area contributed by atoms with Gasteiger partial charge in [0.15, 0.2) is 0 Å². The van der Waals surface area contributed by atoms with Crippen LogP contribution in [0.25, 0.3) is 0 Å². The van der Waals surface area contributed by atoms with Gasteiger partial charge < -0.3 is 4.90 Å². The van der Waals surface area contributed by atoms with E-state index in [1.54, 1.807) is 6.08 Å². The van der Waals surface area contributed by atoms with E-state index in [9.17, 15) is 4.79 Å². The van der Waals surface area contributed by atoms with Gasteiger partial charge in [-0.25, -0.2) is 0 Å². The van der Waals surface area contributed by atoms with E-state index in [0.29, 0.717) is 13.0 Å². The van der Waals surface area contributed by atoms with E-state index in [1.165, 1.54) is 5.56 Å². The summed E-state index contributed by atoms with van der Waals surface area (Å²) in [5, 5.41) is 0. The average molecular weight is 292 g/mol. The average Bonchev–Trinajstić information content (AvgIpc) is 3.05. The van der Waals surface area contributed by atoms with Gasteiger partial charge in [0.25, 0.3) is 0 Å². The van der Waals surface area contributed by atoms with E-state index in [0.717, 1.165) is 12.3 Å². The highest BCUT2D eigenvalue weighted by Crippen LogP contribution is 2.25. The maximum absolute atomic E-state index is 12.5. The zero-order chi connectivity index (χ0) is 15.8. The Balaban J connectivity index is 2.10. The SMILES string of the molecule is C=CCC(=O)N(C[C]1[CH][CH][CH][CH]1)[C@H](C=C)Cc1ccccc1.